The molecule has 0 bridgehead atoms. The highest BCUT2D eigenvalue weighted by Gasteiger charge is 2.20. The second-order valence-corrected chi connectivity index (χ2v) is 3.76. The molecule has 82 valence electrons. The van der Waals surface area contributed by atoms with Gasteiger partial charge >= 0.3 is 0 Å². The van der Waals surface area contributed by atoms with Gasteiger partial charge in [0, 0.05) is 32.4 Å². The Balaban J connectivity index is 1.93. The van der Waals surface area contributed by atoms with Gasteiger partial charge in [0.2, 0.25) is 5.91 Å². The minimum absolute atomic E-state index is 0.0284. The average molecular weight is 215 g/mol. The fourth-order valence-electron chi connectivity index (χ4n) is 1.85. The van der Waals surface area contributed by atoms with Crippen molar-refractivity contribution in [3.8, 4) is 0 Å². The number of pyridine rings is 1. The van der Waals surface area contributed by atoms with Crippen molar-refractivity contribution in [2.45, 2.75) is 6.32 Å². The number of anilines is 1. The Bertz CT molecular complexity index is 350. The van der Waals surface area contributed by atoms with Crippen molar-refractivity contribution >= 4 is 19.6 Å². The number of amides is 1. The molecule has 5 heteroatoms. The van der Waals surface area contributed by atoms with Crippen LogP contribution in [0, 0.1) is 0 Å². The molecule has 2 heterocycles. The third-order valence-corrected chi connectivity index (χ3v) is 2.78. The van der Waals surface area contributed by atoms with Crippen LogP contribution in [0.1, 0.15) is 0 Å². The van der Waals surface area contributed by atoms with Crippen LogP contribution in [0.15, 0.2) is 24.4 Å². The van der Waals surface area contributed by atoms with Crippen LogP contribution in [0.3, 0.4) is 0 Å². The van der Waals surface area contributed by atoms with E-state index >= 15 is 0 Å². The van der Waals surface area contributed by atoms with Crippen molar-refractivity contribution in [2.75, 3.05) is 31.1 Å². The van der Waals surface area contributed by atoms with Gasteiger partial charge in [-0.15, -0.1) is 0 Å². The highest BCUT2D eigenvalue weighted by Crippen LogP contribution is 2.12. The van der Waals surface area contributed by atoms with E-state index in [0.717, 1.165) is 32.0 Å². The quantitative estimate of drug-likeness (QED) is 0.666. The molecule has 16 heavy (non-hydrogen) atoms. The molecular formula is C11H14BN3O. The number of aromatic nitrogens is 1. The molecular weight excluding hydrogens is 201 g/mol. The summed E-state index contributed by atoms with van der Waals surface area (Å²) >= 11 is 0. The lowest BCUT2D eigenvalue weighted by Crippen LogP contribution is -2.48. The van der Waals surface area contributed by atoms with E-state index < -0.39 is 0 Å². The van der Waals surface area contributed by atoms with Crippen LogP contribution in [0.2, 0.25) is 6.32 Å². The van der Waals surface area contributed by atoms with E-state index in [1.807, 2.05) is 18.2 Å². The van der Waals surface area contributed by atoms with E-state index in [1.165, 1.54) is 0 Å². The number of carbonyl (C=O) groups is 1. The van der Waals surface area contributed by atoms with Crippen molar-refractivity contribution in [1.29, 1.82) is 0 Å². The lowest BCUT2D eigenvalue weighted by atomic mass is 10.0. The lowest BCUT2D eigenvalue weighted by Gasteiger charge is -2.35. The molecule has 1 aliphatic rings. The van der Waals surface area contributed by atoms with Crippen molar-refractivity contribution in [2.24, 2.45) is 0 Å². The third kappa shape index (κ3) is 2.35. The molecule has 1 saturated heterocycles. The monoisotopic (exact) mass is 215 g/mol. The van der Waals surface area contributed by atoms with Gasteiger partial charge in [-0.3, -0.25) is 4.79 Å². The molecule has 0 saturated carbocycles. The van der Waals surface area contributed by atoms with Gasteiger partial charge in [-0.1, -0.05) is 6.07 Å². The third-order valence-electron chi connectivity index (χ3n) is 2.78. The van der Waals surface area contributed by atoms with E-state index in [-0.39, 0.29) is 12.2 Å². The van der Waals surface area contributed by atoms with E-state index in [9.17, 15) is 4.79 Å². The van der Waals surface area contributed by atoms with E-state index in [4.69, 9.17) is 7.85 Å². The van der Waals surface area contributed by atoms with Gasteiger partial charge in [0.05, 0.1) is 7.85 Å². The minimum atomic E-state index is 0.0284. The molecule has 2 radical (unpaired) electrons. The van der Waals surface area contributed by atoms with E-state index in [0.29, 0.717) is 0 Å². The Morgan fingerprint density at radius 1 is 1.31 bits per heavy atom. The molecule has 0 atom stereocenters. The zero-order valence-electron chi connectivity index (χ0n) is 9.17. The van der Waals surface area contributed by atoms with Crippen molar-refractivity contribution in [3.63, 3.8) is 0 Å². The fourth-order valence-corrected chi connectivity index (χ4v) is 1.85. The largest absolute Gasteiger partial charge is 0.353 e. The van der Waals surface area contributed by atoms with Crippen molar-refractivity contribution in [1.82, 2.24) is 9.88 Å². The van der Waals surface area contributed by atoms with Crippen LogP contribution in [-0.2, 0) is 4.79 Å². The fraction of sp³-hybridized carbons (Fsp3) is 0.455. The molecule has 4 nitrogen and oxygen atoms in total. The van der Waals surface area contributed by atoms with E-state index in [2.05, 4.69) is 9.88 Å². The predicted octanol–water partition coefficient (Wildman–Crippen LogP) is 0.317. The zero-order chi connectivity index (χ0) is 11.4. The molecule has 2 rings (SSSR count). The highest BCUT2D eigenvalue weighted by molar-refractivity contribution is 6.19. The Kier molecular flexibility index (Phi) is 3.44. The van der Waals surface area contributed by atoms with Gasteiger partial charge in [0.25, 0.3) is 0 Å². The molecule has 1 fully saturated rings. The first-order chi connectivity index (χ1) is 7.81. The van der Waals surface area contributed by atoms with Crippen LogP contribution < -0.4 is 4.90 Å². The molecule has 0 unspecified atom stereocenters. The average Bonchev–Trinajstić information content (AvgIpc) is 2.39. The smallest absolute Gasteiger partial charge is 0.214 e. The second-order valence-electron chi connectivity index (χ2n) is 3.76. The Hall–Kier alpha value is -1.52. The maximum atomic E-state index is 11.4. The summed E-state index contributed by atoms with van der Waals surface area (Å²) in [6.45, 7) is 3.10. The first kappa shape index (κ1) is 11.0. The summed E-state index contributed by atoms with van der Waals surface area (Å²) in [6.07, 6.45) is 1.89. The number of nitrogens with zero attached hydrogens (tertiary/aromatic N) is 3. The maximum Gasteiger partial charge on any atom is 0.214 e. The normalized spacial score (nSPS) is 16.2. The lowest BCUT2D eigenvalue weighted by molar-refractivity contribution is -0.129. The second kappa shape index (κ2) is 5.01. The summed E-state index contributed by atoms with van der Waals surface area (Å²) in [5.74, 6) is 1.00. The number of carbonyl (C=O) groups excluding carboxylic acids is 1. The van der Waals surface area contributed by atoms with Crippen LogP contribution >= 0.6 is 0 Å². The van der Waals surface area contributed by atoms with Crippen molar-refractivity contribution in [3.05, 3.63) is 24.4 Å². The van der Waals surface area contributed by atoms with Gasteiger partial charge in [0.15, 0.2) is 0 Å². The molecule has 1 aromatic rings. The van der Waals surface area contributed by atoms with Gasteiger partial charge < -0.3 is 9.80 Å². The summed E-state index contributed by atoms with van der Waals surface area (Å²) < 4.78 is 0. The minimum Gasteiger partial charge on any atom is -0.353 e. The Morgan fingerprint density at radius 3 is 2.62 bits per heavy atom. The van der Waals surface area contributed by atoms with E-state index in [1.54, 1.807) is 11.1 Å². The maximum absolute atomic E-state index is 11.4. The van der Waals surface area contributed by atoms with Gasteiger partial charge in [-0.05, 0) is 18.5 Å². The van der Waals surface area contributed by atoms with Crippen LogP contribution in [0.25, 0.3) is 0 Å². The standard InChI is InChI=1S/C11H14BN3O/c12-9-11(16)15-7-5-14(6-8-15)10-3-1-2-4-13-10/h1-4H,5-9H2. The van der Waals surface area contributed by atoms with Crippen molar-refractivity contribution < 1.29 is 4.79 Å². The van der Waals surface area contributed by atoms with Crippen LogP contribution in [-0.4, -0.2) is 49.8 Å². The molecule has 1 aromatic heterocycles. The molecule has 0 aromatic carbocycles. The topological polar surface area (TPSA) is 36.4 Å². The molecule has 0 spiro atoms. The number of hydrogen-bond acceptors (Lipinski definition) is 3. The molecule has 1 aliphatic heterocycles. The van der Waals surface area contributed by atoms with Gasteiger partial charge in [-0.25, -0.2) is 4.98 Å². The SMILES string of the molecule is [B]CC(=O)N1CCN(c2ccccn2)CC1. The van der Waals surface area contributed by atoms with Gasteiger partial charge in [0.1, 0.15) is 5.82 Å². The Morgan fingerprint density at radius 2 is 2.06 bits per heavy atom. The molecule has 0 aliphatic carbocycles. The summed E-state index contributed by atoms with van der Waals surface area (Å²) in [5.41, 5.74) is 0. The number of piperazine rings is 1. The van der Waals surface area contributed by atoms with Crippen LogP contribution in [0.5, 0.6) is 0 Å². The highest BCUT2D eigenvalue weighted by atomic mass is 16.2. The van der Waals surface area contributed by atoms with Gasteiger partial charge in [-0.2, -0.15) is 0 Å². The first-order valence-corrected chi connectivity index (χ1v) is 5.45. The van der Waals surface area contributed by atoms with Crippen LogP contribution in [0.4, 0.5) is 5.82 Å². The molecule has 1 amide bonds. The summed E-state index contributed by atoms with van der Waals surface area (Å²) in [5, 5.41) is 0. The summed E-state index contributed by atoms with van der Waals surface area (Å²) in [4.78, 5) is 19.7. The summed E-state index contributed by atoms with van der Waals surface area (Å²) in [7, 11) is 5.33. The number of rotatable bonds is 2. The number of hydrogen-bond donors (Lipinski definition) is 0. The molecule has 0 N–H and O–H groups in total. The zero-order valence-corrected chi connectivity index (χ0v) is 9.17. The Labute approximate surface area is 96.7 Å². The summed E-state index contributed by atoms with van der Waals surface area (Å²) in [6, 6.07) is 5.86. The first-order valence-electron chi connectivity index (χ1n) is 5.45. The predicted molar refractivity (Wildman–Crippen MR) is 63.6 cm³/mol.